The molecular weight excluding hydrogens is 230 g/mol. The van der Waals surface area contributed by atoms with Crippen molar-refractivity contribution in [1.82, 2.24) is 15.3 Å². The molecular formula is C9H12ClN5O. The zero-order valence-corrected chi connectivity index (χ0v) is 9.31. The van der Waals surface area contributed by atoms with Crippen molar-refractivity contribution < 1.29 is 4.79 Å². The Morgan fingerprint density at radius 3 is 3.19 bits per heavy atom. The van der Waals surface area contributed by atoms with Gasteiger partial charge < -0.3 is 16.0 Å². The van der Waals surface area contributed by atoms with Crippen LogP contribution >= 0.6 is 11.6 Å². The molecule has 0 bridgehead atoms. The van der Waals surface area contributed by atoms with Crippen LogP contribution in [0.3, 0.4) is 0 Å². The number of aromatic nitrogens is 2. The van der Waals surface area contributed by atoms with Gasteiger partial charge in [0.15, 0.2) is 5.82 Å². The average molecular weight is 242 g/mol. The van der Waals surface area contributed by atoms with Gasteiger partial charge in [0, 0.05) is 19.6 Å². The topological polar surface area (TPSA) is 84.1 Å². The third-order valence-electron chi connectivity index (χ3n) is 2.49. The standard InChI is InChI=1S/C9H12ClN5O/c10-6-3-13-5-14-9(6)15-2-1-12-4-7(15)8(11)16/h3,5,7,12H,1-2,4H2,(H2,11,16). The molecule has 1 aromatic heterocycles. The van der Waals surface area contributed by atoms with Crippen LogP contribution in [0, 0.1) is 0 Å². The Kier molecular flexibility index (Phi) is 3.21. The summed E-state index contributed by atoms with van der Waals surface area (Å²) >= 11 is 5.99. The molecule has 1 aliphatic rings. The number of piperazine rings is 1. The van der Waals surface area contributed by atoms with Gasteiger partial charge in [0.1, 0.15) is 17.4 Å². The summed E-state index contributed by atoms with van der Waals surface area (Å²) in [5.74, 6) is 0.170. The molecule has 2 heterocycles. The number of nitrogens with one attached hydrogen (secondary N) is 1. The minimum absolute atomic E-state index is 0.387. The van der Waals surface area contributed by atoms with Gasteiger partial charge >= 0.3 is 0 Å². The van der Waals surface area contributed by atoms with Gasteiger partial charge in [0.05, 0.1) is 6.20 Å². The van der Waals surface area contributed by atoms with Gasteiger partial charge in [-0.15, -0.1) is 0 Å². The summed E-state index contributed by atoms with van der Waals surface area (Å²) in [5, 5.41) is 3.53. The molecule has 0 aliphatic carbocycles. The maximum absolute atomic E-state index is 11.3. The fourth-order valence-electron chi connectivity index (χ4n) is 1.73. The Bertz CT molecular complexity index is 399. The molecule has 1 fully saturated rings. The number of rotatable bonds is 2. The number of hydrogen-bond acceptors (Lipinski definition) is 5. The van der Waals surface area contributed by atoms with E-state index in [1.807, 2.05) is 4.90 Å². The van der Waals surface area contributed by atoms with Gasteiger partial charge in [-0.05, 0) is 0 Å². The Morgan fingerprint density at radius 1 is 1.69 bits per heavy atom. The molecule has 0 radical (unpaired) electrons. The van der Waals surface area contributed by atoms with Crippen LogP contribution in [-0.2, 0) is 4.79 Å². The predicted molar refractivity (Wildman–Crippen MR) is 60.2 cm³/mol. The highest BCUT2D eigenvalue weighted by Crippen LogP contribution is 2.23. The van der Waals surface area contributed by atoms with Crippen molar-refractivity contribution in [2.75, 3.05) is 24.5 Å². The molecule has 1 atom stereocenters. The van der Waals surface area contributed by atoms with Crippen LogP contribution in [0.4, 0.5) is 5.82 Å². The number of nitrogens with zero attached hydrogens (tertiary/aromatic N) is 3. The van der Waals surface area contributed by atoms with Crippen LogP contribution in [0.15, 0.2) is 12.5 Å². The third-order valence-corrected chi connectivity index (χ3v) is 2.76. The zero-order chi connectivity index (χ0) is 11.5. The van der Waals surface area contributed by atoms with Crippen molar-refractivity contribution in [3.63, 3.8) is 0 Å². The summed E-state index contributed by atoms with van der Waals surface area (Å²) in [7, 11) is 0. The summed E-state index contributed by atoms with van der Waals surface area (Å²) in [4.78, 5) is 21.0. The lowest BCUT2D eigenvalue weighted by Crippen LogP contribution is -2.57. The monoisotopic (exact) mass is 241 g/mol. The smallest absolute Gasteiger partial charge is 0.241 e. The zero-order valence-electron chi connectivity index (χ0n) is 8.56. The molecule has 16 heavy (non-hydrogen) atoms. The molecule has 1 amide bonds. The molecule has 86 valence electrons. The second-order valence-electron chi connectivity index (χ2n) is 3.51. The van der Waals surface area contributed by atoms with Gasteiger partial charge in [0.25, 0.3) is 0 Å². The predicted octanol–water partition coefficient (Wildman–Crippen LogP) is -0.607. The van der Waals surface area contributed by atoms with Crippen LogP contribution in [0.1, 0.15) is 0 Å². The lowest BCUT2D eigenvalue weighted by Gasteiger charge is -2.35. The highest BCUT2D eigenvalue weighted by molar-refractivity contribution is 6.32. The molecule has 7 heteroatoms. The van der Waals surface area contributed by atoms with E-state index < -0.39 is 6.04 Å². The van der Waals surface area contributed by atoms with E-state index in [2.05, 4.69) is 15.3 Å². The molecule has 2 rings (SSSR count). The Balaban J connectivity index is 2.30. The molecule has 0 saturated carbocycles. The molecule has 1 unspecified atom stereocenters. The van der Waals surface area contributed by atoms with Crippen LogP contribution < -0.4 is 16.0 Å². The number of nitrogens with two attached hydrogens (primary N) is 1. The second-order valence-corrected chi connectivity index (χ2v) is 3.92. The van der Waals surface area contributed by atoms with Crippen LogP contribution in [0.5, 0.6) is 0 Å². The van der Waals surface area contributed by atoms with Crippen molar-refractivity contribution in [3.8, 4) is 0 Å². The van der Waals surface area contributed by atoms with E-state index in [0.717, 1.165) is 6.54 Å². The SMILES string of the molecule is NC(=O)C1CNCCN1c1ncncc1Cl. The minimum Gasteiger partial charge on any atom is -0.368 e. The van der Waals surface area contributed by atoms with Crippen molar-refractivity contribution >= 4 is 23.3 Å². The molecule has 1 saturated heterocycles. The average Bonchev–Trinajstić information content (AvgIpc) is 2.29. The molecule has 1 aromatic rings. The first-order valence-corrected chi connectivity index (χ1v) is 5.30. The van der Waals surface area contributed by atoms with Crippen molar-refractivity contribution in [2.45, 2.75) is 6.04 Å². The minimum atomic E-state index is -0.416. The summed E-state index contributed by atoms with van der Waals surface area (Å²) in [6, 6.07) is -0.416. The van der Waals surface area contributed by atoms with E-state index in [1.54, 1.807) is 0 Å². The van der Waals surface area contributed by atoms with Crippen molar-refractivity contribution in [3.05, 3.63) is 17.5 Å². The third kappa shape index (κ3) is 2.07. The highest BCUT2D eigenvalue weighted by atomic mass is 35.5. The van der Waals surface area contributed by atoms with E-state index >= 15 is 0 Å². The number of primary amides is 1. The Morgan fingerprint density at radius 2 is 2.50 bits per heavy atom. The van der Waals surface area contributed by atoms with Gasteiger partial charge in [-0.1, -0.05) is 11.6 Å². The Labute approximate surface area is 97.8 Å². The van der Waals surface area contributed by atoms with E-state index in [9.17, 15) is 4.79 Å². The lowest BCUT2D eigenvalue weighted by molar-refractivity contribution is -0.119. The molecule has 3 N–H and O–H groups in total. The summed E-state index contributed by atoms with van der Waals surface area (Å²) in [5.41, 5.74) is 5.34. The number of anilines is 1. The molecule has 0 spiro atoms. The van der Waals surface area contributed by atoms with E-state index in [4.69, 9.17) is 17.3 Å². The number of halogens is 1. The number of carbonyl (C=O) groups is 1. The quantitative estimate of drug-likeness (QED) is 0.722. The van der Waals surface area contributed by atoms with E-state index in [-0.39, 0.29) is 5.91 Å². The fourth-order valence-corrected chi connectivity index (χ4v) is 1.94. The first kappa shape index (κ1) is 11.1. The van der Waals surface area contributed by atoms with Gasteiger partial charge in [-0.25, -0.2) is 9.97 Å². The lowest BCUT2D eigenvalue weighted by atomic mass is 10.2. The maximum Gasteiger partial charge on any atom is 0.241 e. The van der Waals surface area contributed by atoms with Crippen LogP contribution in [-0.4, -0.2) is 41.6 Å². The van der Waals surface area contributed by atoms with Crippen LogP contribution in [0.2, 0.25) is 5.02 Å². The van der Waals surface area contributed by atoms with Crippen molar-refractivity contribution in [1.29, 1.82) is 0 Å². The maximum atomic E-state index is 11.3. The summed E-state index contributed by atoms with van der Waals surface area (Å²) in [6.07, 6.45) is 2.91. The Hall–Kier alpha value is -1.40. The molecule has 0 aromatic carbocycles. The normalized spacial score (nSPS) is 20.8. The molecule has 6 nitrogen and oxygen atoms in total. The summed E-state index contributed by atoms with van der Waals surface area (Å²) in [6.45, 7) is 1.92. The number of amides is 1. The number of hydrogen-bond donors (Lipinski definition) is 2. The van der Waals surface area contributed by atoms with Gasteiger partial charge in [-0.2, -0.15) is 0 Å². The first-order valence-electron chi connectivity index (χ1n) is 4.92. The largest absolute Gasteiger partial charge is 0.368 e. The fraction of sp³-hybridized carbons (Fsp3) is 0.444. The number of carbonyl (C=O) groups excluding carboxylic acids is 1. The second kappa shape index (κ2) is 4.63. The highest BCUT2D eigenvalue weighted by Gasteiger charge is 2.28. The first-order chi connectivity index (χ1) is 7.70. The van der Waals surface area contributed by atoms with E-state index in [1.165, 1.54) is 12.5 Å². The molecule has 1 aliphatic heterocycles. The van der Waals surface area contributed by atoms with Crippen molar-refractivity contribution in [2.24, 2.45) is 5.73 Å². The van der Waals surface area contributed by atoms with Gasteiger partial charge in [0.2, 0.25) is 5.91 Å². The summed E-state index contributed by atoms with van der Waals surface area (Å²) < 4.78 is 0. The van der Waals surface area contributed by atoms with Crippen LogP contribution in [0.25, 0.3) is 0 Å². The van der Waals surface area contributed by atoms with E-state index in [0.29, 0.717) is 23.9 Å². The van der Waals surface area contributed by atoms with Gasteiger partial charge in [-0.3, -0.25) is 4.79 Å².